The van der Waals surface area contributed by atoms with Crippen molar-refractivity contribution < 1.29 is 14.3 Å². The van der Waals surface area contributed by atoms with Crippen LogP contribution in [0.3, 0.4) is 0 Å². The van der Waals surface area contributed by atoms with Crippen LogP contribution in [0.5, 0.6) is 0 Å². The van der Waals surface area contributed by atoms with Crippen molar-refractivity contribution in [2.24, 2.45) is 0 Å². The van der Waals surface area contributed by atoms with Gasteiger partial charge in [0.15, 0.2) is 6.61 Å². The summed E-state index contributed by atoms with van der Waals surface area (Å²) in [4.78, 5) is 29.9. The molecule has 4 nitrogen and oxygen atoms in total. The van der Waals surface area contributed by atoms with Crippen LogP contribution in [0.4, 0.5) is 0 Å². The molecular formula is C20H23NO3S2. The molecule has 2 aromatic heterocycles. The summed E-state index contributed by atoms with van der Waals surface area (Å²) in [7, 11) is 0. The molecule has 0 radical (unpaired) electrons. The highest BCUT2D eigenvalue weighted by Gasteiger charge is 2.23. The van der Waals surface area contributed by atoms with E-state index < -0.39 is 0 Å². The van der Waals surface area contributed by atoms with Crippen molar-refractivity contribution >= 4 is 34.6 Å². The Morgan fingerprint density at radius 1 is 1.04 bits per heavy atom. The van der Waals surface area contributed by atoms with E-state index in [1.54, 1.807) is 27.6 Å². The van der Waals surface area contributed by atoms with Crippen molar-refractivity contribution in [1.29, 1.82) is 0 Å². The van der Waals surface area contributed by atoms with Crippen molar-refractivity contribution in [3.05, 3.63) is 43.3 Å². The lowest BCUT2D eigenvalue weighted by atomic mass is 10.00. The predicted octanol–water partition coefficient (Wildman–Crippen LogP) is 4.21. The van der Waals surface area contributed by atoms with Gasteiger partial charge >= 0.3 is 5.97 Å². The van der Waals surface area contributed by atoms with E-state index in [1.165, 1.54) is 46.6 Å². The predicted molar refractivity (Wildman–Crippen MR) is 104 cm³/mol. The number of carbonyl (C=O) groups is 2. The molecule has 0 saturated carbocycles. The lowest BCUT2D eigenvalue weighted by molar-refractivity contribution is -0.135. The van der Waals surface area contributed by atoms with Gasteiger partial charge in [0.05, 0.1) is 0 Å². The zero-order valence-electron chi connectivity index (χ0n) is 14.8. The lowest BCUT2D eigenvalue weighted by Crippen LogP contribution is -2.38. The Balaban J connectivity index is 1.34. The summed E-state index contributed by atoms with van der Waals surface area (Å²) in [5.41, 5.74) is 2.52. The van der Waals surface area contributed by atoms with E-state index in [2.05, 4.69) is 11.4 Å². The van der Waals surface area contributed by atoms with Gasteiger partial charge in [-0.1, -0.05) is 12.8 Å². The zero-order valence-corrected chi connectivity index (χ0v) is 16.4. The molecule has 1 aliphatic carbocycles. The van der Waals surface area contributed by atoms with Crippen molar-refractivity contribution in [3.8, 4) is 0 Å². The number of hydrogen-bond donors (Lipinski definition) is 0. The third-order valence-corrected chi connectivity index (χ3v) is 7.43. The Hall–Kier alpha value is -1.66. The number of aryl methyl sites for hydroxylation is 2. The lowest BCUT2D eigenvalue weighted by Gasteiger charge is -2.26. The maximum absolute atomic E-state index is 12.4. The van der Waals surface area contributed by atoms with Gasteiger partial charge in [-0.05, 0) is 60.7 Å². The largest absolute Gasteiger partial charge is 0.451 e. The van der Waals surface area contributed by atoms with Gasteiger partial charge in [-0.25, -0.2) is 4.79 Å². The van der Waals surface area contributed by atoms with Gasteiger partial charge < -0.3 is 9.64 Å². The van der Waals surface area contributed by atoms with Crippen LogP contribution < -0.4 is 0 Å². The Kier molecular flexibility index (Phi) is 5.41. The molecule has 6 heteroatoms. The quantitative estimate of drug-likeness (QED) is 0.739. The van der Waals surface area contributed by atoms with E-state index in [1.807, 2.05) is 6.07 Å². The minimum Gasteiger partial charge on any atom is -0.451 e. The third kappa shape index (κ3) is 3.86. The number of amides is 1. The molecule has 0 aromatic carbocycles. The third-order valence-electron chi connectivity index (χ3n) is 5.18. The molecule has 0 fully saturated rings. The number of fused-ring (bicyclic) bond motifs is 2. The SMILES string of the molecule is O=C(OCC(=O)N1CCc2sccc2C1)c1cc2c(s1)CCCCCC2. The highest BCUT2D eigenvalue weighted by Crippen LogP contribution is 2.29. The average Bonchev–Trinajstić information content (AvgIpc) is 3.25. The standard InChI is InChI=1S/C20H23NO3S2/c22-19(21-9-7-16-15(12-21)8-10-25-16)13-24-20(23)18-11-14-5-3-1-2-4-6-17(14)26-18/h8,10-11H,1-7,9,12-13H2. The van der Waals surface area contributed by atoms with Crippen LogP contribution in [-0.2, 0) is 35.3 Å². The average molecular weight is 390 g/mol. The Morgan fingerprint density at radius 2 is 1.88 bits per heavy atom. The molecule has 26 heavy (non-hydrogen) atoms. The van der Waals surface area contributed by atoms with E-state index in [0.717, 1.165) is 19.3 Å². The summed E-state index contributed by atoms with van der Waals surface area (Å²) in [5.74, 6) is -0.464. The van der Waals surface area contributed by atoms with Crippen LogP contribution >= 0.6 is 22.7 Å². The number of hydrogen-bond acceptors (Lipinski definition) is 5. The molecule has 0 N–H and O–H groups in total. The maximum atomic E-state index is 12.4. The summed E-state index contributed by atoms with van der Waals surface area (Å²) in [6.45, 7) is 1.17. The summed E-state index contributed by atoms with van der Waals surface area (Å²) in [6.07, 6.45) is 7.93. The first kappa shape index (κ1) is 17.7. The topological polar surface area (TPSA) is 46.6 Å². The molecular weight excluding hydrogens is 366 g/mol. The monoisotopic (exact) mass is 389 g/mol. The van der Waals surface area contributed by atoms with Crippen LogP contribution in [0.1, 0.15) is 56.2 Å². The van der Waals surface area contributed by atoms with Crippen LogP contribution in [0, 0.1) is 0 Å². The fourth-order valence-corrected chi connectivity index (χ4v) is 5.73. The Morgan fingerprint density at radius 3 is 2.77 bits per heavy atom. The summed E-state index contributed by atoms with van der Waals surface area (Å²) in [6, 6.07) is 4.06. The molecule has 0 unspecified atom stereocenters. The highest BCUT2D eigenvalue weighted by atomic mass is 32.1. The smallest absolute Gasteiger partial charge is 0.348 e. The Labute approximate surface area is 161 Å². The second-order valence-corrected chi connectivity index (χ2v) is 9.12. The number of thiophene rings is 2. The van der Waals surface area contributed by atoms with Crippen LogP contribution in [0.15, 0.2) is 17.5 Å². The zero-order chi connectivity index (χ0) is 17.9. The molecule has 0 bridgehead atoms. The van der Waals surface area contributed by atoms with Gasteiger partial charge in [0, 0.05) is 22.8 Å². The van der Waals surface area contributed by atoms with Gasteiger partial charge in [0.25, 0.3) is 5.91 Å². The van der Waals surface area contributed by atoms with E-state index in [9.17, 15) is 9.59 Å². The molecule has 0 spiro atoms. The second-order valence-electron chi connectivity index (χ2n) is 6.98. The first-order valence-electron chi connectivity index (χ1n) is 9.32. The van der Waals surface area contributed by atoms with Crippen LogP contribution in [0.2, 0.25) is 0 Å². The fourth-order valence-electron chi connectivity index (χ4n) is 3.70. The summed E-state index contributed by atoms with van der Waals surface area (Å²) >= 11 is 3.30. The minimum absolute atomic E-state index is 0.106. The van der Waals surface area contributed by atoms with Crippen molar-refractivity contribution in [1.82, 2.24) is 4.90 Å². The number of rotatable bonds is 3. The van der Waals surface area contributed by atoms with Crippen LogP contribution in [-0.4, -0.2) is 29.9 Å². The Bertz CT molecular complexity index is 782. The number of carbonyl (C=O) groups excluding carboxylic acids is 2. The number of nitrogens with zero attached hydrogens (tertiary/aromatic N) is 1. The van der Waals surface area contributed by atoms with Crippen molar-refractivity contribution in [3.63, 3.8) is 0 Å². The van der Waals surface area contributed by atoms with Crippen LogP contribution in [0.25, 0.3) is 0 Å². The molecule has 138 valence electrons. The van der Waals surface area contributed by atoms with E-state index in [0.29, 0.717) is 18.0 Å². The molecule has 0 saturated heterocycles. The first-order valence-corrected chi connectivity index (χ1v) is 11.0. The van der Waals surface area contributed by atoms with E-state index >= 15 is 0 Å². The molecule has 1 amide bonds. The molecule has 2 aliphatic rings. The summed E-state index contributed by atoms with van der Waals surface area (Å²) in [5, 5.41) is 2.07. The van der Waals surface area contributed by atoms with Crippen molar-refractivity contribution in [2.75, 3.05) is 13.2 Å². The second kappa shape index (κ2) is 7.92. The normalized spacial score (nSPS) is 17.0. The number of ether oxygens (including phenoxy) is 1. The fraction of sp³-hybridized carbons (Fsp3) is 0.500. The van der Waals surface area contributed by atoms with Gasteiger partial charge in [0.2, 0.25) is 0 Å². The number of esters is 1. The van der Waals surface area contributed by atoms with Gasteiger partial charge in [0.1, 0.15) is 4.88 Å². The molecule has 3 heterocycles. The first-order chi connectivity index (χ1) is 12.7. The highest BCUT2D eigenvalue weighted by molar-refractivity contribution is 7.14. The maximum Gasteiger partial charge on any atom is 0.348 e. The molecule has 4 rings (SSSR count). The minimum atomic E-state index is -0.358. The van der Waals surface area contributed by atoms with Gasteiger partial charge in [-0.3, -0.25) is 4.79 Å². The summed E-state index contributed by atoms with van der Waals surface area (Å²) < 4.78 is 5.34. The van der Waals surface area contributed by atoms with E-state index in [4.69, 9.17) is 4.74 Å². The van der Waals surface area contributed by atoms with Gasteiger partial charge in [-0.2, -0.15) is 0 Å². The van der Waals surface area contributed by atoms with Crippen molar-refractivity contribution in [2.45, 2.75) is 51.5 Å². The molecule has 0 atom stereocenters. The van der Waals surface area contributed by atoms with E-state index in [-0.39, 0.29) is 18.5 Å². The molecule has 2 aromatic rings. The van der Waals surface area contributed by atoms with Gasteiger partial charge in [-0.15, -0.1) is 22.7 Å². The molecule has 1 aliphatic heterocycles.